The van der Waals surface area contributed by atoms with Gasteiger partial charge in [-0.3, -0.25) is 4.99 Å². The number of fused-ring (bicyclic) bond motifs is 1. The van der Waals surface area contributed by atoms with Gasteiger partial charge >= 0.3 is 0 Å². The van der Waals surface area contributed by atoms with Crippen molar-refractivity contribution in [2.24, 2.45) is 10.7 Å². The van der Waals surface area contributed by atoms with E-state index in [0.29, 0.717) is 22.2 Å². The summed E-state index contributed by atoms with van der Waals surface area (Å²) >= 11 is 0. The fourth-order valence-electron chi connectivity index (χ4n) is 4.34. The Hall–Kier alpha value is -2.36. The number of aliphatic imine (C=N–C) groups is 1. The Kier molecular flexibility index (Phi) is 4.95. The zero-order valence-electron chi connectivity index (χ0n) is 16.7. The Labute approximate surface area is 174 Å². The first kappa shape index (κ1) is 20.9. The number of nitrogens with two attached hydrogens (primary N) is 1. The van der Waals surface area contributed by atoms with Crippen molar-refractivity contribution in [3.8, 4) is 11.1 Å². The molecule has 2 aromatic rings. The van der Waals surface area contributed by atoms with Crippen LogP contribution in [0.3, 0.4) is 0 Å². The summed E-state index contributed by atoms with van der Waals surface area (Å²) in [6.45, 7) is 2.70. The molecule has 0 aromatic heterocycles. The molecule has 0 bridgehead atoms. The van der Waals surface area contributed by atoms with Crippen LogP contribution in [0.5, 0.6) is 0 Å². The van der Waals surface area contributed by atoms with Gasteiger partial charge in [0.25, 0.3) is 5.92 Å². The molecular weight excluding hydrogens is 412 g/mol. The third-order valence-electron chi connectivity index (χ3n) is 5.86. The van der Waals surface area contributed by atoms with Crippen LogP contribution in [0, 0.1) is 13.8 Å². The van der Waals surface area contributed by atoms with Crippen LogP contribution in [-0.4, -0.2) is 48.8 Å². The highest BCUT2D eigenvalue weighted by Crippen LogP contribution is 2.37. The Morgan fingerprint density at radius 1 is 1.23 bits per heavy atom. The first-order valence-corrected chi connectivity index (χ1v) is 11.0. The first-order valence-electron chi connectivity index (χ1n) is 9.59. The van der Waals surface area contributed by atoms with Gasteiger partial charge in [-0.1, -0.05) is 18.2 Å². The Morgan fingerprint density at radius 2 is 1.93 bits per heavy atom. The maximum Gasteiger partial charge on any atom is 0.263 e. The number of nitrogens with zero attached hydrogens (tertiary/aromatic N) is 2. The van der Waals surface area contributed by atoms with Gasteiger partial charge in [0.05, 0.1) is 30.6 Å². The van der Waals surface area contributed by atoms with Crippen molar-refractivity contribution in [2.75, 3.05) is 13.2 Å². The van der Waals surface area contributed by atoms with Crippen LogP contribution >= 0.6 is 0 Å². The highest BCUT2D eigenvalue weighted by molar-refractivity contribution is 7.89. The molecule has 0 unspecified atom stereocenters. The first-order chi connectivity index (χ1) is 14.0. The van der Waals surface area contributed by atoms with Gasteiger partial charge in [0, 0.05) is 12.0 Å². The van der Waals surface area contributed by atoms with Gasteiger partial charge in [-0.15, -0.1) is 0 Å². The summed E-state index contributed by atoms with van der Waals surface area (Å²) in [5.41, 5.74) is 11.4. The number of aliphatic hydroxyl groups is 1. The fourth-order valence-corrected chi connectivity index (χ4v) is 6.07. The van der Waals surface area contributed by atoms with Gasteiger partial charge in [-0.05, 0) is 53.8 Å². The second-order valence-corrected chi connectivity index (χ2v) is 9.79. The van der Waals surface area contributed by atoms with E-state index in [1.165, 1.54) is 12.1 Å². The minimum atomic E-state index is -4.17. The van der Waals surface area contributed by atoms with Crippen LogP contribution in [-0.2, 0) is 16.6 Å². The second kappa shape index (κ2) is 7.11. The van der Waals surface area contributed by atoms with Crippen molar-refractivity contribution in [2.45, 2.75) is 43.7 Å². The minimum Gasteiger partial charge on any atom is -0.395 e. The van der Waals surface area contributed by atoms with E-state index >= 15 is 0 Å². The summed E-state index contributed by atoms with van der Waals surface area (Å²) in [4.78, 5) is 4.20. The number of alkyl halides is 2. The van der Waals surface area contributed by atoms with Crippen LogP contribution in [0.2, 0.25) is 0 Å². The van der Waals surface area contributed by atoms with Crippen molar-refractivity contribution in [3.63, 3.8) is 0 Å². The maximum atomic E-state index is 13.8. The van der Waals surface area contributed by atoms with E-state index in [0.717, 1.165) is 27.8 Å². The third-order valence-corrected chi connectivity index (χ3v) is 7.76. The third kappa shape index (κ3) is 3.30. The van der Waals surface area contributed by atoms with Gasteiger partial charge < -0.3 is 10.8 Å². The molecule has 1 atom stereocenters. The quantitative estimate of drug-likeness (QED) is 0.772. The standard InChI is InChI=1S/C21H23F2N3O3S/c1-12-7-16(30(28,29)26-11-21(22,23)8-15(26)10-27)4-6-17(12)18-5-3-14-9-25-20(24)19(14)13(18)2/h3-7,15,27H,8-11H2,1-2H3,(H2,24,25)/t15-/m0/s1. The lowest BCUT2D eigenvalue weighted by atomic mass is 9.91. The second-order valence-electron chi connectivity index (χ2n) is 7.90. The summed E-state index contributed by atoms with van der Waals surface area (Å²) in [6, 6.07) is 7.38. The van der Waals surface area contributed by atoms with E-state index in [-0.39, 0.29) is 4.90 Å². The molecule has 2 aliphatic heterocycles. The molecule has 160 valence electrons. The number of aliphatic hydroxyl groups excluding tert-OH is 1. The summed E-state index contributed by atoms with van der Waals surface area (Å²) in [5.74, 6) is -2.66. The van der Waals surface area contributed by atoms with Gasteiger partial charge in [0.2, 0.25) is 10.0 Å². The molecule has 0 spiro atoms. The molecule has 30 heavy (non-hydrogen) atoms. The molecule has 2 heterocycles. The van der Waals surface area contributed by atoms with Gasteiger partial charge in [-0.25, -0.2) is 17.2 Å². The zero-order valence-corrected chi connectivity index (χ0v) is 17.5. The molecule has 9 heteroatoms. The fraction of sp³-hybridized carbons (Fsp3) is 0.381. The zero-order chi connectivity index (χ0) is 21.8. The molecular formula is C21H23F2N3O3S. The summed E-state index contributed by atoms with van der Waals surface area (Å²) in [7, 11) is -4.17. The highest BCUT2D eigenvalue weighted by atomic mass is 32.2. The van der Waals surface area contributed by atoms with Gasteiger partial charge in [0.1, 0.15) is 5.84 Å². The number of hydrogen-bond donors (Lipinski definition) is 2. The predicted molar refractivity (Wildman–Crippen MR) is 110 cm³/mol. The average Bonchev–Trinajstić information content (AvgIpc) is 3.22. The number of amidine groups is 1. The molecule has 3 N–H and O–H groups in total. The number of benzene rings is 2. The van der Waals surface area contributed by atoms with E-state index in [2.05, 4.69) is 4.99 Å². The van der Waals surface area contributed by atoms with Crippen LogP contribution in [0.4, 0.5) is 8.78 Å². The van der Waals surface area contributed by atoms with E-state index in [9.17, 15) is 22.3 Å². The maximum absolute atomic E-state index is 13.8. The number of sulfonamides is 1. The monoisotopic (exact) mass is 435 g/mol. The number of aryl methyl sites for hydroxylation is 1. The molecule has 0 radical (unpaired) electrons. The Bertz CT molecular complexity index is 1160. The molecule has 0 aliphatic carbocycles. The van der Waals surface area contributed by atoms with Crippen molar-refractivity contribution < 1.29 is 22.3 Å². The molecule has 4 rings (SSSR count). The summed E-state index contributed by atoms with van der Waals surface area (Å²) in [6.07, 6.45) is -0.683. The van der Waals surface area contributed by atoms with Crippen molar-refractivity contribution in [1.82, 2.24) is 4.31 Å². The van der Waals surface area contributed by atoms with E-state index in [4.69, 9.17) is 5.73 Å². The lowest BCUT2D eigenvalue weighted by Gasteiger charge is -2.22. The lowest BCUT2D eigenvalue weighted by molar-refractivity contribution is 0.0161. The highest BCUT2D eigenvalue weighted by Gasteiger charge is 2.49. The van der Waals surface area contributed by atoms with Crippen molar-refractivity contribution in [1.29, 1.82) is 0 Å². The molecule has 1 saturated heterocycles. The molecule has 2 aromatic carbocycles. The summed E-state index contributed by atoms with van der Waals surface area (Å²) < 4.78 is 54.3. The molecule has 6 nitrogen and oxygen atoms in total. The molecule has 0 saturated carbocycles. The van der Waals surface area contributed by atoms with E-state index in [1.807, 2.05) is 19.1 Å². The van der Waals surface area contributed by atoms with Gasteiger partial charge in [-0.2, -0.15) is 4.31 Å². The molecule has 2 aliphatic rings. The van der Waals surface area contributed by atoms with E-state index in [1.54, 1.807) is 13.0 Å². The smallest absolute Gasteiger partial charge is 0.263 e. The minimum absolute atomic E-state index is 0.0696. The summed E-state index contributed by atoms with van der Waals surface area (Å²) in [5, 5.41) is 9.40. The predicted octanol–water partition coefficient (Wildman–Crippen LogP) is 2.58. The molecule has 1 fully saturated rings. The topological polar surface area (TPSA) is 96.0 Å². The SMILES string of the molecule is Cc1cc(S(=O)(=O)N2CC(F)(F)C[C@H]2CO)ccc1-c1ccc2c(c1C)C(N)=NC2. The van der Waals surface area contributed by atoms with Crippen LogP contribution in [0.1, 0.15) is 28.7 Å². The Morgan fingerprint density at radius 3 is 2.60 bits per heavy atom. The van der Waals surface area contributed by atoms with E-state index < -0.39 is 41.6 Å². The van der Waals surface area contributed by atoms with Crippen LogP contribution < -0.4 is 5.73 Å². The lowest BCUT2D eigenvalue weighted by Crippen LogP contribution is -2.38. The number of rotatable bonds is 4. The Balaban J connectivity index is 1.73. The van der Waals surface area contributed by atoms with Gasteiger partial charge in [0.15, 0.2) is 0 Å². The molecule has 0 amide bonds. The number of halogens is 2. The van der Waals surface area contributed by atoms with Crippen LogP contribution in [0.15, 0.2) is 40.2 Å². The van der Waals surface area contributed by atoms with Crippen molar-refractivity contribution >= 4 is 15.9 Å². The van der Waals surface area contributed by atoms with Crippen LogP contribution in [0.25, 0.3) is 11.1 Å². The normalized spacial score (nSPS) is 21.0. The van der Waals surface area contributed by atoms with Crippen molar-refractivity contribution in [3.05, 3.63) is 52.6 Å². The largest absolute Gasteiger partial charge is 0.395 e. The number of hydrogen-bond acceptors (Lipinski definition) is 5. The average molecular weight is 435 g/mol.